The maximum absolute atomic E-state index is 13.1. The minimum Gasteiger partial charge on any atom is -0.486 e. The van der Waals surface area contributed by atoms with E-state index < -0.39 is 16.0 Å². The number of carboxylic acid groups (broad SMARTS) is 1. The molecule has 0 saturated carbocycles. The predicted molar refractivity (Wildman–Crippen MR) is 99.1 cm³/mol. The van der Waals surface area contributed by atoms with Crippen LogP contribution in [-0.4, -0.2) is 63.2 Å². The molecule has 0 radical (unpaired) electrons. The van der Waals surface area contributed by atoms with Crippen LogP contribution < -0.4 is 14.8 Å². The maximum atomic E-state index is 13.1. The summed E-state index contributed by atoms with van der Waals surface area (Å²) >= 11 is 0. The normalized spacial score (nSPS) is 27.0. The molecule has 3 aliphatic rings. The highest BCUT2D eigenvalue weighted by molar-refractivity contribution is 7.89. The second-order valence-corrected chi connectivity index (χ2v) is 9.12. The summed E-state index contributed by atoms with van der Waals surface area (Å²) in [5, 5.41) is 12.3. The number of aliphatic carboxylic acids is 1. The minimum atomic E-state index is -3.67. The van der Waals surface area contributed by atoms with Crippen molar-refractivity contribution in [3.8, 4) is 11.5 Å². The Balaban J connectivity index is 0.00000210. The van der Waals surface area contributed by atoms with E-state index in [2.05, 4.69) is 5.32 Å². The summed E-state index contributed by atoms with van der Waals surface area (Å²) in [6.07, 6.45) is 0.531. The van der Waals surface area contributed by atoms with Gasteiger partial charge in [-0.05, 0) is 31.0 Å². The van der Waals surface area contributed by atoms with Crippen LogP contribution in [0.4, 0.5) is 0 Å². The van der Waals surface area contributed by atoms with E-state index in [1.165, 1.54) is 10.4 Å². The minimum absolute atomic E-state index is 0. The molecule has 2 atom stereocenters. The summed E-state index contributed by atoms with van der Waals surface area (Å²) in [7, 11) is -3.67. The SMILES string of the molecule is Cl.O=C(O)CCC12CNCC1CN(S(=O)(=O)c1ccc3c(c1)OCCO3)C2. The molecular formula is C17H23ClN2O6S. The number of carbonyl (C=O) groups is 1. The van der Waals surface area contributed by atoms with Crippen molar-refractivity contribution in [3.63, 3.8) is 0 Å². The number of sulfonamides is 1. The third-order valence-electron chi connectivity index (χ3n) is 5.64. The van der Waals surface area contributed by atoms with Crippen LogP contribution in [0.25, 0.3) is 0 Å². The molecule has 0 spiro atoms. The number of nitrogens with zero attached hydrogens (tertiary/aromatic N) is 1. The third kappa shape index (κ3) is 3.61. The van der Waals surface area contributed by atoms with Gasteiger partial charge in [0.25, 0.3) is 0 Å². The number of fused-ring (bicyclic) bond motifs is 2. The average molecular weight is 419 g/mol. The van der Waals surface area contributed by atoms with Crippen LogP contribution in [0.3, 0.4) is 0 Å². The fourth-order valence-corrected chi connectivity index (χ4v) is 5.80. The highest BCUT2D eigenvalue weighted by atomic mass is 35.5. The van der Waals surface area contributed by atoms with Crippen LogP contribution in [0.15, 0.2) is 23.1 Å². The molecule has 0 amide bonds. The zero-order valence-corrected chi connectivity index (χ0v) is 16.4. The lowest BCUT2D eigenvalue weighted by molar-refractivity contribution is -0.137. The highest BCUT2D eigenvalue weighted by Crippen LogP contribution is 2.45. The van der Waals surface area contributed by atoms with Gasteiger partial charge in [-0.3, -0.25) is 4.79 Å². The Bertz CT molecular complexity index is 833. The van der Waals surface area contributed by atoms with Gasteiger partial charge in [-0.15, -0.1) is 12.4 Å². The molecule has 1 aromatic carbocycles. The van der Waals surface area contributed by atoms with E-state index in [1.807, 2.05) is 0 Å². The van der Waals surface area contributed by atoms with Gasteiger partial charge in [0, 0.05) is 37.5 Å². The second kappa shape index (κ2) is 7.46. The maximum Gasteiger partial charge on any atom is 0.303 e. The van der Waals surface area contributed by atoms with Gasteiger partial charge in [0.2, 0.25) is 10.0 Å². The molecule has 8 nitrogen and oxygen atoms in total. The van der Waals surface area contributed by atoms with Gasteiger partial charge in [0.15, 0.2) is 11.5 Å². The molecule has 3 heterocycles. The van der Waals surface area contributed by atoms with Crippen LogP contribution in [0.2, 0.25) is 0 Å². The summed E-state index contributed by atoms with van der Waals surface area (Å²) in [6, 6.07) is 4.68. The Morgan fingerprint density at radius 3 is 2.78 bits per heavy atom. The molecule has 2 fully saturated rings. The van der Waals surface area contributed by atoms with Crippen LogP contribution in [0.5, 0.6) is 11.5 Å². The van der Waals surface area contributed by atoms with Gasteiger partial charge >= 0.3 is 5.97 Å². The van der Waals surface area contributed by atoms with Gasteiger partial charge in [-0.2, -0.15) is 4.31 Å². The molecule has 1 aromatic rings. The lowest BCUT2D eigenvalue weighted by atomic mass is 9.77. The number of rotatable bonds is 5. The molecule has 3 aliphatic heterocycles. The molecule has 10 heteroatoms. The van der Waals surface area contributed by atoms with E-state index in [4.69, 9.17) is 14.6 Å². The number of hydrogen-bond acceptors (Lipinski definition) is 6. The zero-order valence-electron chi connectivity index (χ0n) is 14.7. The standard InChI is InChI=1S/C17H22N2O6S.ClH/c20-16(21)3-4-17-10-18-8-12(17)9-19(11-17)26(22,23)13-1-2-14-15(7-13)25-6-5-24-14;/h1-2,7,12,18H,3-6,8-11H2,(H,20,21);1H. The number of carboxylic acids is 1. The summed E-state index contributed by atoms with van der Waals surface area (Å²) in [5.74, 6) is 0.279. The molecule has 150 valence electrons. The Hall–Kier alpha value is -1.55. The first-order valence-corrected chi connectivity index (χ1v) is 10.2. The Kier molecular flexibility index (Phi) is 5.58. The van der Waals surface area contributed by atoms with Gasteiger partial charge in [-0.25, -0.2) is 8.42 Å². The lowest BCUT2D eigenvalue weighted by Gasteiger charge is -2.27. The number of benzene rings is 1. The monoisotopic (exact) mass is 418 g/mol. The lowest BCUT2D eigenvalue weighted by Crippen LogP contribution is -2.36. The number of hydrogen-bond donors (Lipinski definition) is 2. The van der Waals surface area contributed by atoms with Crippen LogP contribution in [-0.2, 0) is 14.8 Å². The number of ether oxygens (including phenoxy) is 2. The Labute approximate surface area is 164 Å². The van der Waals surface area contributed by atoms with Gasteiger partial charge in [0.1, 0.15) is 13.2 Å². The highest BCUT2D eigenvalue weighted by Gasteiger charge is 2.52. The van der Waals surface area contributed by atoms with Crippen molar-refractivity contribution >= 4 is 28.4 Å². The molecule has 2 N–H and O–H groups in total. The van der Waals surface area contributed by atoms with E-state index in [0.29, 0.717) is 57.3 Å². The topological polar surface area (TPSA) is 105 Å². The molecule has 0 aromatic heterocycles. The summed E-state index contributed by atoms with van der Waals surface area (Å²) in [4.78, 5) is 11.2. The van der Waals surface area contributed by atoms with Crippen molar-refractivity contribution in [2.45, 2.75) is 17.7 Å². The first-order valence-electron chi connectivity index (χ1n) is 8.73. The summed E-state index contributed by atoms with van der Waals surface area (Å²) < 4.78 is 38.7. The first-order chi connectivity index (χ1) is 12.4. The van der Waals surface area contributed by atoms with E-state index in [-0.39, 0.29) is 35.1 Å². The van der Waals surface area contributed by atoms with E-state index in [1.54, 1.807) is 12.1 Å². The smallest absolute Gasteiger partial charge is 0.303 e. The molecule has 2 unspecified atom stereocenters. The number of nitrogens with one attached hydrogen (secondary N) is 1. The molecule has 0 aliphatic carbocycles. The second-order valence-electron chi connectivity index (χ2n) is 7.19. The van der Waals surface area contributed by atoms with E-state index >= 15 is 0 Å². The van der Waals surface area contributed by atoms with Gasteiger partial charge < -0.3 is 19.9 Å². The molecular weight excluding hydrogens is 396 g/mol. The molecule has 4 rings (SSSR count). The van der Waals surface area contributed by atoms with Gasteiger partial charge in [0.05, 0.1) is 4.90 Å². The van der Waals surface area contributed by atoms with Crippen molar-refractivity contribution in [1.82, 2.24) is 9.62 Å². The van der Waals surface area contributed by atoms with Crippen molar-refractivity contribution in [2.24, 2.45) is 11.3 Å². The Morgan fingerprint density at radius 1 is 1.30 bits per heavy atom. The largest absolute Gasteiger partial charge is 0.486 e. The predicted octanol–water partition coefficient (Wildman–Crippen LogP) is 0.954. The molecule has 27 heavy (non-hydrogen) atoms. The Morgan fingerprint density at radius 2 is 2.04 bits per heavy atom. The first kappa shape index (κ1) is 20.2. The van der Waals surface area contributed by atoms with Crippen molar-refractivity contribution in [2.75, 3.05) is 39.4 Å². The summed E-state index contributed by atoms with van der Waals surface area (Å²) in [6.45, 7) is 2.96. The van der Waals surface area contributed by atoms with Crippen LogP contribution in [0.1, 0.15) is 12.8 Å². The number of halogens is 1. The molecule has 0 bridgehead atoms. The van der Waals surface area contributed by atoms with E-state index in [0.717, 1.165) is 0 Å². The zero-order chi connectivity index (χ0) is 18.4. The fraction of sp³-hybridized carbons (Fsp3) is 0.588. The average Bonchev–Trinajstić information content (AvgIpc) is 3.17. The fourth-order valence-electron chi connectivity index (χ4n) is 4.20. The van der Waals surface area contributed by atoms with Crippen LogP contribution in [0, 0.1) is 11.3 Å². The van der Waals surface area contributed by atoms with Crippen molar-refractivity contribution < 1.29 is 27.8 Å². The quantitative estimate of drug-likeness (QED) is 0.733. The van der Waals surface area contributed by atoms with E-state index in [9.17, 15) is 13.2 Å². The van der Waals surface area contributed by atoms with Gasteiger partial charge in [-0.1, -0.05) is 0 Å². The third-order valence-corrected chi connectivity index (χ3v) is 7.44. The molecule has 2 saturated heterocycles. The van der Waals surface area contributed by atoms with Crippen molar-refractivity contribution in [1.29, 1.82) is 0 Å². The summed E-state index contributed by atoms with van der Waals surface area (Å²) in [5.41, 5.74) is -0.306. The van der Waals surface area contributed by atoms with Crippen LogP contribution >= 0.6 is 12.4 Å². The van der Waals surface area contributed by atoms with Crippen molar-refractivity contribution in [3.05, 3.63) is 18.2 Å².